The first-order valence-electron chi connectivity index (χ1n) is 6.05. The zero-order valence-corrected chi connectivity index (χ0v) is 11.1. The van der Waals surface area contributed by atoms with Crippen LogP contribution in [0.25, 0.3) is 0 Å². The van der Waals surface area contributed by atoms with Crippen molar-refractivity contribution in [3.8, 4) is 0 Å². The molecule has 84 valence electrons. The molecule has 0 aromatic heterocycles. The normalized spacial score (nSPS) is 37.7. The lowest BCUT2D eigenvalue weighted by molar-refractivity contribution is 0.358. The fourth-order valence-corrected chi connectivity index (χ4v) is 8.16. The maximum absolute atomic E-state index is 5.97. The van der Waals surface area contributed by atoms with Crippen LogP contribution < -0.4 is 4.98 Å². The molecule has 14 heavy (non-hydrogen) atoms. The maximum atomic E-state index is 5.97. The van der Waals surface area contributed by atoms with Crippen molar-refractivity contribution in [2.75, 3.05) is 13.7 Å². The Morgan fingerprint density at radius 2 is 1.64 bits per heavy atom. The van der Waals surface area contributed by atoms with Crippen molar-refractivity contribution in [2.45, 2.75) is 57.5 Å². The van der Waals surface area contributed by atoms with Crippen LogP contribution in [0.3, 0.4) is 0 Å². The summed E-state index contributed by atoms with van der Waals surface area (Å²) in [5.74, 6) is 0. The number of nitrogens with one attached hydrogen (secondary N) is 1. The molecule has 1 aliphatic heterocycles. The molecule has 2 nitrogen and oxygen atoms in total. The highest BCUT2D eigenvalue weighted by atomic mass is 28.4. The van der Waals surface area contributed by atoms with E-state index < -0.39 is 8.48 Å². The van der Waals surface area contributed by atoms with Crippen LogP contribution in [0.5, 0.6) is 0 Å². The summed E-state index contributed by atoms with van der Waals surface area (Å²) < 4.78 is 5.97. The second-order valence-corrected chi connectivity index (χ2v) is 8.30. The van der Waals surface area contributed by atoms with Gasteiger partial charge in [0.1, 0.15) is 0 Å². The number of rotatable bonds is 5. The van der Waals surface area contributed by atoms with Gasteiger partial charge in [0.2, 0.25) is 0 Å². The van der Waals surface area contributed by atoms with Crippen molar-refractivity contribution in [3.05, 3.63) is 0 Å². The van der Waals surface area contributed by atoms with E-state index in [0.717, 1.165) is 17.6 Å². The molecular formula is C11H25NOSi. The van der Waals surface area contributed by atoms with E-state index in [2.05, 4.69) is 25.8 Å². The van der Waals surface area contributed by atoms with Gasteiger partial charge in [-0.2, -0.15) is 0 Å². The molecule has 1 N–H and O–H groups in total. The van der Waals surface area contributed by atoms with Crippen LogP contribution >= 0.6 is 0 Å². The van der Waals surface area contributed by atoms with Crippen LogP contribution in [0.4, 0.5) is 0 Å². The van der Waals surface area contributed by atoms with Gasteiger partial charge in [-0.3, -0.25) is 0 Å². The molecule has 0 radical (unpaired) electrons. The van der Waals surface area contributed by atoms with Gasteiger partial charge in [0.25, 0.3) is 8.48 Å². The molecule has 1 heterocycles. The third-order valence-corrected chi connectivity index (χ3v) is 9.25. The molecule has 0 amide bonds. The molecule has 0 bridgehead atoms. The van der Waals surface area contributed by atoms with Crippen molar-refractivity contribution in [1.29, 1.82) is 0 Å². The molecule has 0 aliphatic carbocycles. The standard InChI is InChI=1S/C11H25NOSi/c1-5-10-8-9-11(6-2)14(10,13-4)12-7-3/h10-12H,5-9H2,1-4H3. The molecule has 1 rings (SSSR count). The first-order chi connectivity index (χ1) is 6.75. The van der Waals surface area contributed by atoms with Gasteiger partial charge in [-0.25, -0.2) is 0 Å². The summed E-state index contributed by atoms with van der Waals surface area (Å²) in [7, 11) is 0.307. The monoisotopic (exact) mass is 215 g/mol. The summed E-state index contributed by atoms with van der Waals surface area (Å²) in [6.07, 6.45) is 5.32. The largest absolute Gasteiger partial charge is 0.406 e. The minimum Gasteiger partial charge on any atom is -0.406 e. The van der Waals surface area contributed by atoms with E-state index in [1.807, 2.05) is 7.11 Å². The molecule has 1 aliphatic rings. The van der Waals surface area contributed by atoms with Gasteiger partial charge >= 0.3 is 0 Å². The lowest BCUT2D eigenvalue weighted by atomic mass is 10.1. The molecule has 0 aromatic carbocycles. The van der Waals surface area contributed by atoms with Crippen molar-refractivity contribution >= 4 is 8.48 Å². The van der Waals surface area contributed by atoms with E-state index in [4.69, 9.17) is 4.43 Å². The maximum Gasteiger partial charge on any atom is 0.274 e. The fraction of sp³-hybridized carbons (Fsp3) is 1.00. The number of hydrogen-bond donors (Lipinski definition) is 1. The predicted molar refractivity (Wildman–Crippen MR) is 63.8 cm³/mol. The van der Waals surface area contributed by atoms with E-state index in [1.54, 1.807) is 0 Å². The second-order valence-electron chi connectivity index (χ2n) is 4.32. The Morgan fingerprint density at radius 1 is 1.14 bits per heavy atom. The molecule has 0 spiro atoms. The zero-order valence-electron chi connectivity index (χ0n) is 10.1. The average Bonchev–Trinajstić information content (AvgIpc) is 2.56. The van der Waals surface area contributed by atoms with Gasteiger partial charge in [-0.1, -0.05) is 33.6 Å². The van der Waals surface area contributed by atoms with E-state index >= 15 is 0 Å². The lowest BCUT2D eigenvalue weighted by Gasteiger charge is -2.36. The molecule has 1 fully saturated rings. The highest BCUT2D eigenvalue weighted by Gasteiger charge is 2.52. The molecule has 2 atom stereocenters. The minimum atomic E-state index is -1.62. The Kier molecular flexibility index (Phi) is 4.61. The summed E-state index contributed by atoms with van der Waals surface area (Å²) in [6.45, 7) is 7.88. The predicted octanol–water partition coefficient (Wildman–Crippen LogP) is 3.04. The summed E-state index contributed by atoms with van der Waals surface area (Å²) in [5, 5.41) is 0. The van der Waals surface area contributed by atoms with Crippen molar-refractivity contribution < 1.29 is 4.43 Å². The SMILES string of the molecule is CCN[Si]1(OC)C(CC)CCC1CC. The lowest BCUT2D eigenvalue weighted by Crippen LogP contribution is -2.56. The molecule has 2 unspecified atom stereocenters. The van der Waals surface area contributed by atoms with Gasteiger partial charge in [0.05, 0.1) is 0 Å². The first kappa shape index (κ1) is 12.2. The Balaban J connectivity index is 2.81. The summed E-state index contributed by atoms with van der Waals surface area (Å²) in [5.41, 5.74) is 1.66. The Bertz CT molecular complexity index is 163. The third-order valence-electron chi connectivity index (χ3n) is 3.85. The van der Waals surface area contributed by atoms with Crippen molar-refractivity contribution in [2.24, 2.45) is 0 Å². The topological polar surface area (TPSA) is 21.3 Å². The Labute approximate surface area is 89.6 Å². The average molecular weight is 215 g/mol. The molecular weight excluding hydrogens is 190 g/mol. The van der Waals surface area contributed by atoms with E-state index in [0.29, 0.717) is 0 Å². The van der Waals surface area contributed by atoms with E-state index in [1.165, 1.54) is 25.7 Å². The smallest absolute Gasteiger partial charge is 0.274 e. The summed E-state index contributed by atoms with van der Waals surface area (Å²) in [6, 6.07) is 0. The van der Waals surface area contributed by atoms with Crippen LogP contribution in [0.1, 0.15) is 46.5 Å². The fourth-order valence-electron chi connectivity index (χ4n) is 3.15. The minimum absolute atomic E-state index is 0.831. The van der Waals surface area contributed by atoms with Crippen molar-refractivity contribution in [1.82, 2.24) is 4.98 Å². The van der Waals surface area contributed by atoms with E-state index in [9.17, 15) is 0 Å². The van der Waals surface area contributed by atoms with Gasteiger partial charge in [-0.05, 0) is 30.5 Å². The quantitative estimate of drug-likeness (QED) is 0.712. The van der Waals surface area contributed by atoms with Crippen molar-refractivity contribution in [3.63, 3.8) is 0 Å². The molecule has 1 saturated heterocycles. The van der Waals surface area contributed by atoms with Crippen LogP contribution in [-0.4, -0.2) is 22.1 Å². The van der Waals surface area contributed by atoms with Gasteiger partial charge in [0, 0.05) is 7.11 Å². The van der Waals surface area contributed by atoms with Gasteiger partial charge in [-0.15, -0.1) is 0 Å². The highest BCUT2D eigenvalue weighted by molar-refractivity contribution is 6.75. The highest BCUT2D eigenvalue weighted by Crippen LogP contribution is 2.48. The van der Waals surface area contributed by atoms with Crippen LogP contribution in [0.15, 0.2) is 0 Å². The molecule has 0 aromatic rings. The zero-order chi connectivity index (χ0) is 10.6. The van der Waals surface area contributed by atoms with Crippen LogP contribution in [0.2, 0.25) is 11.1 Å². The molecule has 3 heteroatoms. The Hall–Kier alpha value is 0.137. The van der Waals surface area contributed by atoms with Crippen LogP contribution in [0, 0.1) is 0 Å². The van der Waals surface area contributed by atoms with E-state index in [-0.39, 0.29) is 0 Å². The number of hydrogen-bond acceptors (Lipinski definition) is 2. The third kappa shape index (κ3) is 1.90. The molecule has 0 saturated carbocycles. The summed E-state index contributed by atoms with van der Waals surface area (Å²) >= 11 is 0. The Morgan fingerprint density at radius 3 is 1.93 bits per heavy atom. The van der Waals surface area contributed by atoms with Crippen LogP contribution in [-0.2, 0) is 4.43 Å². The summed E-state index contributed by atoms with van der Waals surface area (Å²) in [4.78, 5) is 3.73. The second kappa shape index (κ2) is 5.28. The van der Waals surface area contributed by atoms with Gasteiger partial charge < -0.3 is 9.41 Å². The van der Waals surface area contributed by atoms with Gasteiger partial charge in [0.15, 0.2) is 0 Å². The first-order valence-corrected chi connectivity index (χ1v) is 8.11.